The fourth-order valence-electron chi connectivity index (χ4n) is 1.77. The number of urea groups is 1. The van der Waals surface area contributed by atoms with E-state index in [1.807, 2.05) is 39.8 Å². The van der Waals surface area contributed by atoms with E-state index in [2.05, 4.69) is 22.0 Å². The Bertz CT molecular complexity index is 464. The van der Waals surface area contributed by atoms with Crippen LogP contribution < -0.4 is 16.0 Å². The monoisotopic (exact) mass is 277 g/mol. The summed E-state index contributed by atoms with van der Waals surface area (Å²) >= 11 is 0. The molecule has 5 nitrogen and oxygen atoms in total. The molecular formula is C15H23N3O2. The van der Waals surface area contributed by atoms with Gasteiger partial charge in [-0.1, -0.05) is 19.9 Å². The smallest absolute Gasteiger partial charge is 0.321 e. The topological polar surface area (TPSA) is 70.2 Å². The van der Waals surface area contributed by atoms with Crippen molar-refractivity contribution in [3.05, 3.63) is 29.3 Å². The highest BCUT2D eigenvalue weighted by atomic mass is 16.2. The zero-order chi connectivity index (χ0) is 15.1. The molecule has 0 radical (unpaired) electrons. The number of benzene rings is 1. The van der Waals surface area contributed by atoms with Crippen molar-refractivity contribution in [3.63, 3.8) is 0 Å². The van der Waals surface area contributed by atoms with Gasteiger partial charge in [0.2, 0.25) is 5.91 Å². The van der Waals surface area contributed by atoms with Crippen LogP contribution in [-0.4, -0.2) is 25.0 Å². The fraction of sp³-hybridized carbons (Fsp3) is 0.467. The van der Waals surface area contributed by atoms with Crippen LogP contribution in [0.2, 0.25) is 0 Å². The molecule has 1 rings (SSSR count). The van der Waals surface area contributed by atoms with E-state index in [4.69, 9.17) is 0 Å². The molecule has 110 valence electrons. The highest BCUT2D eigenvalue weighted by Gasteiger charge is 2.07. The van der Waals surface area contributed by atoms with Crippen molar-refractivity contribution in [2.75, 3.05) is 18.4 Å². The van der Waals surface area contributed by atoms with Gasteiger partial charge in [-0.25, -0.2) is 4.79 Å². The number of anilines is 1. The van der Waals surface area contributed by atoms with E-state index in [0.717, 1.165) is 16.8 Å². The van der Waals surface area contributed by atoms with Gasteiger partial charge in [0.05, 0.1) is 6.54 Å². The van der Waals surface area contributed by atoms with Gasteiger partial charge in [-0.2, -0.15) is 0 Å². The number of hydrogen-bond acceptors (Lipinski definition) is 3. The summed E-state index contributed by atoms with van der Waals surface area (Å²) in [6.45, 7) is 8.59. The third kappa shape index (κ3) is 6.22. The quantitative estimate of drug-likeness (QED) is 0.772. The summed E-state index contributed by atoms with van der Waals surface area (Å²) in [7, 11) is 0. The van der Waals surface area contributed by atoms with Crippen molar-refractivity contribution in [2.45, 2.75) is 27.7 Å². The first-order chi connectivity index (χ1) is 9.36. The molecular weight excluding hydrogens is 254 g/mol. The molecule has 0 heterocycles. The summed E-state index contributed by atoms with van der Waals surface area (Å²) in [4.78, 5) is 23.0. The summed E-state index contributed by atoms with van der Waals surface area (Å²) < 4.78 is 0. The van der Waals surface area contributed by atoms with Crippen LogP contribution in [0.4, 0.5) is 10.5 Å². The van der Waals surface area contributed by atoms with Gasteiger partial charge in [0.15, 0.2) is 0 Å². The second-order valence-electron chi connectivity index (χ2n) is 5.38. The van der Waals surface area contributed by atoms with Gasteiger partial charge in [0, 0.05) is 12.2 Å². The Morgan fingerprint density at radius 3 is 2.25 bits per heavy atom. The number of carbonyl (C=O) groups excluding carboxylic acids is 2. The lowest BCUT2D eigenvalue weighted by molar-refractivity contribution is -0.118. The number of rotatable bonds is 5. The van der Waals surface area contributed by atoms with Gasteiger partial charge in [0.25, 0.3) is 0 Å². The molecule has 0 spiro atoms. The molecule has 20 heavy (non-hydrogen) atoms. The maximum absolute atomic E-state index is 11.6. The van der Waals surface area contributed by atoms with Crippen molar-refractivity contribution in [3.8, 4) is 0 Å². The van der Waals surface area contributed by atoms with E-state index < -0.39 is 6.03 Å². The maximum atomic E-state index is 11.6. The van der Waals surface area contributed by atoms with Gasteiger partial charge < -0.3 is 10.6 Å². The summed E-state index contributed by atoms with van der Waals surface area (Å²) in [6, 6.07) is 5.52. The average molecular weight is 277 g/mol. The Hall–Kier alpha value is -2.04. The van der Waals surface area contributed by atoms with Crippen LogP contribution >= 0.6 is 0 Å². The Kier molecular flexibility index (Phi) is 6.03. The van der Waals surface area contributed by atoms with Gasteiger partial charge in [0.1, 0.15) is 0 Å². The Labute approximate surface area is 120 Å². The molecule has 0 fully saturated rings. The highest BCUT2D eigenvalue weighted by Crippen LogP contribution is 2.13. The average Bonchev–Trinajstić information content (AvgIpc) is 2.33. The zero-order valence-corrected chi connectivity index (χ0v) is 12.5. The molecule has 1 aromatic rings. The molecule has 0 aliphatic heterocycles. The number of imide groups is 1. The largest absolute Gasteiger partial charge is 0.376 e. The Morgan fingerprint density at radius 1 is 1.10 bits per heavy atom. The Morgan fingerprint density at radius 2 is 1.70 bits per heavy atom. The standard InChI is InChI=1S/C15H23N3O2/c1-10(2)8-17-15(20)18-14(19)9-16-13-6-11(3)5-12(4)7-13/h5-7,10,16H,8-9H2,1-4H3,(H2,17,18,19,20). The van der Waals surface area contributed by atoms with Crippen molar-refractivity contribution in [2.24, 2.45) is 5.92 Å². The van der Waals surface area contributed by atoms with Crippen LogP contribution in [0.3, 0.4) is 0 Å². The predicted molar refractivity (Wildman–Crippen MR) is 80.8 cm³/mol. The van der Waals surface area contributed by atoms with E-state index in [9.17, 15) is 9.59 Å². The Balaban J connectivity index is 2.37. The van der Waals surface area contributed by atoms with Gasteiger partial charge >= 0.3 is 6.03 Å². The second kappa shape index (κ2) is 7.53. The number of nitrogens with one attached hydrogen (secondary N) is 3. The van der Waals surface area contributed by atoms with Crippen LogP contribution in [0, 0.1) is 19.8 Å². The first-order valence-electron chi connectivity index (χ1n) is 6.76. The lowest BCUT2D eigenvalue weighted by atomic mass is 10.1. The third-order valence-corrected chi connectivity index (χ3v) is 2.60. The van der Waals surface area contributed by atoms with Gasteiger partial charge in [-0.05, 0) is 43.0 Å². The SMILES string of the molecule is Cc1cc(C)cc(NCC(=O)NC(=O)NCC(C)C)c1. The zero-order valence-electron chi connectivity index (χ0n) is 12.5. The minimum atomic E-state index is -0.453. The lowest BCUT2D eigenvalue weighted by Gasteiger charge is -2.10. The van der Waals surface area contributed by atoms with Crippen LogP contribution in [0.15, 0.2) is 18.2 Å². The minimum Gasteiger partial charge on any atom is -0.376 e. The third-order valence-electron chi connectivity index (χ3n) is 2.60. The highest BCUT2D eigenvalue weighted by molar-refractivity contribution is 5.96. The van der Waals surface area contributed by atoms with E-state index >= 15 is 0 Å². The van der Waals surface area contributed by atoms with Crippen LogP contribution in [0.1, 0.15) is 25.0 Å². The van der Waals surface area contributed by atoms with Crippen LogP contribution in [0.25, 0.3) is 0 Å². The molecule has 0 unspecified atom stereocenters. The molecule has 0 aromatic heterocycles. The maximum Gasteiger partial charge on any atom is 0.321 e. The van der Waals surface area contributed by atoms with Gasteiger partial charge in [-0.3, -0.25) is 10.1 Å². The van der Waals surface area contributed by atoms with E-state index in [1.54, 1.807) is 0 Å². The van der Waals surface area contributed by atoms with Crippen molar-refractivity contribution in [1.82, 2.24) is 10.6 Å². The van der Waals surface area contributed by atoms with Crippen molar-refractivity contribution >= 4 is 17.6 Å². The van der Waals surface area contributed by atoms with E-state index in [0.29, 0.717) is 12.5 Å². The van der Waals surface area contributed by atoms with Gasteiger partial charge in [-0.15, -0.1) is 0 Å². The molecule has 5 heteroatoms. The normalized spacial score (nSPS) is 10.2. The lowest BCUT2D eigenvalue weighted by Crippen LogP contribution is -2.43. The molecule has 3 N–H and O–H groups in total. The number of hydrogen-bond donors (Lipinski definition) is 3. The molecule has 0 saturated heterocycles. The molecule has 0 bridgehead atoms. The summed E-state index contributed by atoms with van der Waals surface area (Å²) in [6.07, 6.45) is 0. The summed E-state index contributed by atoms with van der Waals surface area (Å²) in [5.41, 5.74) is 3.13. The van der Waals surface area contributed by atoms with Crippen LogP contribution in [-0.2, 0) is 4.79 Å². The van der Waals surface area contributed by atoms with Crippen LogP contribution in [0.5, 0.6) is 0 Å². The molecule has 3 amide bonds. The predicted octanol–water partition coefficient (Wildman–Crippen LogP) is 2.20. The minimum absolute atomic E-state index is 0.0675. The molecule has 0 aliphatic rings. The molecule has 0 atom stereocenters. The number of aryl methyl sites for hydroxylation is 2. The first-order valence-corrected chi connectivity index (χ1v) is 6.76. The van der Waals surface area contributed by atoms with Crippen molar-refractivity contribution < 1.29 is 9.59 Å². The van der Waals surface area contributed by atoms with E-state index in [-0.39, 0.29) is 12.5 Å². The summed E-state index contributed by atoms with van der Waals surface area (Å²) in [5.74, 6) is -0.00494. The van der Waals surface area contributed by atoms with E-state index in [1.165, 1.54) is 0 Å². The molecule has 1 aromatic carbocycles. The first kappa shape index (κ1) is 16.0. The molecule has 0 saturated carbocycles. The number of carbonyl (C=O) groups is 2. The summed E-state index contributed by atoms with van der Waals surface area (Å²) in [5, 5.41) is 7.92. The molecule has 0 aliphatic carbocycles. The second-order valence-corrected chi connectivity index (χ2v) is 5.38. The fourth-order valence-corrected chi connectivity index (χ4v) is 1.77. The number of amides is 3. The van der Waals surface area contributed by atoms with Crippen molar-refractivity contribution in [1.29, 1.82) is 0 Å².